The van der Waals surface area contributed by atoms with Crippen molar-refractivity contribution in [2.24, 2.45) is 0 Å². The second kappa shape index (κ2) is 7.72. The summed E-state index contributed by atoms with van der Waals surface area (Å²) < 4.78 is 37.9. The summed E-state index contributed by atoms with van der Waals surface area (Å²) in [6.45, 7) is 1.77. The predicted molar refractivity (Wildman–Crippen MR) is 90.7 cm³/mol. The van der Waals surface area contributed by atoms with E-state index in [9.17, 15) is 8.78 Å². The third-order valence-corrected chi connectivity index (χ3v) is 4.20. The van der Waals surface area contributed by atoms with E-state index in [4.69, 9.17) is 21.4 Å². The van der Waals surface area contributed by atoms with Crippen LogP contribution >= 0.6 is 12.2 Å². The van der Waals surface area contributed by atoms with Crippen LogP contribution in [0.15, 0.2) is 41.0 Å². The second-order valence-corrected chi connectivity index (χ2v) is 6.04. The van der Waals surface area contributed by atoms with Gasteiger partial charge in [0.15, 0.2) is 5.11 Å². The van der Waals surface area contributed by atoms with Crippen LogP contribution in [0.2, 0.25) is 0 Å². The quantitative estimate of drug-likeness (QED) is 0.825. The number of hydrogen-bond acceptors (Lipinski definition) is 3. The predicted octanol–water partition coefficient (Wildman–Crippen LogP) is 3.94. The molecule has 1 fully saturated rings. The zero-order chi connectivity index (χ0) is 16.9. The molecule has 0 radical (unpaired) electrons. The summed E-state index contributed by atoms with van der Waals surface area (Å²) in [5.74, 6) is -0.570. The van der Waals surface area contributed by atoms with E-state index < -0.39 is 11.6 Å². The summed E-state index contributed by atoms with van der Waals surface area (Å²) in [5, 5.41) is 3.18. The van der Waals surface area contributed by atoms with E-state index in [2.05, 4.69) is 5.32 Å². The molecule has 0 spiro atoms. The fraction of sp³-hybridized carbons (Fsp3) is 0.353. The molecule has 0 amide bonds. The third-order valence-electron chi connectivity index (χ3n) is 3.83. The number of nitrogens with one attached hydrogen (secondary N) is 1. The van der Waals surface area contributed by atoms with Crippen LogP contribution in [0.25, 0.3) is 0 Å². The number of halogens is 2. The molecule has 0 aliphatic carbocycles. The van der Waals surface area contributed by atoms with Gasteiger partial charge < -0.3 is 19.4 Å². The molecular weight excluding hydrogens is 334 g/mol. The van der Waals surface area contributed by atoms with Crippen LogP contribution in [0.1, 0.15) is 18.6 Å². The molecule has 0 saturated carbocycles. The molecule has 2 heterocycles. The third kappa shape index (κ3) is 4.30. The van der Waals surface area contributed by atoms with Gasteiger partial charge in [0.2, 0.25) is 0 Å². The van der Waals surface area contributed by atoms with Crippen LogP contribution in [0, 0.1) is 11.6 Å². The molecule has 1 atom stereocenters. The van der Waals surface area contributed by atoms with Crippen LogP contribution in [-0.2, 0) is 11.3 Å². The Morgan fingerprint density at radius 3 is 2.88 bits per heavy atom. The van der Waals surface area contributed by atoms with Crippen LogP contribution < -0.4 is 5.32 Å². The molecule has 128 valence electrons. The second-order valence-electron chi connectivity index (χ2n) is 5.65. The van der Waals surface area contributed by atoms with Crippen LogP contribution in [0.4, 0.5) is 14.5 Å². The zero-order valence-corrected chi connectivity index (χ0v) is 13.8. The first-order valence-electron chi connectivity index (χ1n) is 7.77. The lowest BCUT2D eigenvalue weighted by molar-refractivity contribution is 0.0892. The topological polar surface area (TPSA) is 37.6 Å². The lowest BCUT2D eigenvalue weighted by Gasteiger charge is -2.27. The molecule has 1 saturated heterocycles. The molecule has 0 bridgehead atoms. The number of thiocarbonyl (C=S) groups is 1. The molecule has 4 nitrogen and oxygen atoms in total. The zero-order valence-electron chi connectivity index (χ0n) is 13.0. The van der Waals surface area contributed by atoms with E-state index in [0.29, 0.717) is 18.2 Å². The van der Waals surface area contributed by atoms with E-state index in [1.54, 1.807) is 12.3 Å². The fourth-order valence-corrected chi connectivity index (χ4v) is 2.88. The van der Waals surface area contributed by atoms with Crippen molar-refractivity contribution < 1.29 is 17.9 Å². The largest absolute Gasteiger partial charge is 0.467 e. The highest BCUT2D eigenvalue weighted by Gasteiger charge is 2.22. The van der Waals surface area contributed by atoms with Gasteiger partial charge in [0, 0.05) is 19.2 Å². The number of ether oxygens (including phenoxy) is 1. The summed E-state index contributed by atoms with van der Waals surface area (Å²) in [6, 6.07) is 6.99. The maximum absolute atomic E-state index is 13.8. The summed E-state index contributed by atoms with van der Waals surface area (Å²) in [5.41, 5.74) is 0.137. The van der Waals surface area contributed by atoms with E-state index in [1.807, 2.05) is 11.0 Å². The number of anilines is 1. The lowest BCUT2D eigenvalue weighted by atomic mass is 10.2. The van der Waals surface area contributed by atoms with Crippen LogP contribution in [0.3, 0.4) is 0 Å². The summed E-state index contributed by atoms with van der Waals surface area (Å²) in [7, 11) is 0. The summed E-state index contributed by atoms with van der Waals surface area (Å²) in [6.07, 6.45) is 3.65. The van der Waals surface area contributed by atoms with Gasteiger partial charge >= 0.3 is 0 Å². The van der Waals surface area contributed by atoms with Crippen molar-refractivity contribution in [3.63, 3.8) is 0 Å². The van der Waals surface area contributed by atoms with Crippen molar-refractivity contribution in [3.8, 4) is 0 Å². The summed E-state index contributed by atoms with van der Waals surface area (Å²) >= 11 is 5.41. The Morgan fingerprint density at radius 1 is 1.33 bits per heavy atom. The Kier molecular flexibility index (Phi) is 5.42. The minimum Gasteiger partial charge on any atom is -0.467 e. The normalized spacial score (nSPS) is 17.0. The average Bonchev–Trinajstić information content (AvgIpc) is 3.23. The van der Waals surface area contributed by atoms with Crippen molar-refractivity contribution in [2.45, 2.75) is 25.5 Å². The van der Waals surface area contributed by atoms with Gasteiger partial charge in [-0.2, -0.15) is 0 Å². The first kappa shape index (κ1) is 16.9. The van der Waals surface area contributed by atoms with Gasteiger partial charge in [-0.1, -0.05) is 0 Å². The number of nitrogens with zero attached hydrogens (tertiary/aromatic N) is 1. The molecule has 1 aromatic heterocycles. The van der Waals surface area contributed by atoms with Crippen molar-refractivity contribution >= 4 is 23.0 Å². The number of furan rings is 1. The molecule has 7 heteroatoms. The van der Waals surface area contributed by atoms with Gasteiger partial charge in [-0.25, -0.2) is 8.78 Å². The molecule has 1 N–H and O–H groups in total. The highest BCUT2D eigenvalue weighted by atomic mass is 32.1. The van der Waals surface area contributed by atoms with Crippen molar-refractivity contribution in [2.75, 3.05) is 18.5 Å². The molecule has 1 unspecified atom stereocenters. The maximum atomic E-state index is 13.8. The van der Waals surface area contributed by atoms with Crippen LogP contribution in [0.5, 0.6) is 0 Å². The fourth-order valence-electron chi connectivity index (χ4n) is 2.63. The molecule has 2 aromatic rings. The Hall–Kier alpha value is -1.99. The van der Waals surface area contributed by atoms with E-state index >= 15 is 0 Å². The number of hydrogen-bond donors (Lipinski definition) is 1. The van der Waals surface area contributed by atoms with E-state index in [-0.39, 0.29) is 11.8 Å². The van der Waals surface area contributed by atoms with Gasteiger partial charge in [-0.05, 0) is 49.3 Å². The van der Waals surface area contributed by atoms with Crippen LogP contribution in [-0.4, -0.2) is 29.3 Å². The SMILES string of the molecule is Fc1ccc(NC(=S)N(Cc2ccco2)CC2CCCO2)c(F)c1. The Labute approximate surface area is 144 Å². The number of benzene rings is 1. The van der Waals surface area contributed by atoms with Gasteiger partial charge in [0.1, 0.15) is 17.4 Å². The van der Waals surface area contributed by atoms with Gasteiger partial charge in [0.05, 0.1) is 24.6 Å². The van der Waals surface area contributed by atoms with E-state index in [0.717, 1.165) is 31.3 Å². The lowest BCUT2D eigenvalue weighted by Crippen LogP contribution is -2.39. The Morgan fingerprint density at radius 2 is 2.21 bits per heavy atom. The minimum absolute atomic E-state index is 0.0813. The standard InChI is InChI=1S/C17H18F2N2O2S/c18-12-5-6-16(15(19)9-12)20-17(24)21(10-13-3-1-7-22-13)11-14-4-2-8-23-14/h1,3,5-7,9,14H,2,4,8,10-11H2,(H,20,24). The highest BCUT2D eigenvalue weighted by Crippen LogP contribution is 2.19. The van der Waals surface area contributed by atoms with Gasteiger partial charge in [0.25, 0.3) is 0 Å². The van der Waals surface area contributed by atoms with Crippen molar-refractivity contribution in [1.82, 2.24) is 4.90 Å². The smallest absolute Gasteiger partial charge is 0.174 e. The molecule has 1 aromatic carbocycles. The first-order valence-corrected chi connectivity index (χ1v) is 8.17. The molecular formula is C17H18F2N2O2S. The molecule has 3 rings (SSSR count). The maximum Gasteiger partial charge on any atom is 0.174 e. The van der Waals surface area contributed by atoms with Gasteiger partial charge in [-0.15, -0.1) is 0 Å². The first-order chi connectivity index (χ1) is 11.6. The average molecular weight is 352 g/mol. The Balaban J connectivity index is 1.71. The molecule has 1 aliphatic rings. The highest BCUT2D eigenvalue weighted by molar-refractivity contribution is 7.80. The van der Waals surface area contributed by atoms with Crippen molar-refractivity contribution in [1.29, 1.82) is 0 Å². The molecule has 1 aliphatic heterocycles. The molecule has 24 heavy (non-hydrogen) atoms. The number of rotatable bonds is 5. The van der Waals surface area contributed by atoms with Crippen molar-refractivity contribution in [3.05, 3.63) is 54.0 Å². The Bertz CT molecular complexity index is 688. The minimum atomic E-state index is -0.688. The van der Waals surface area contributed by atoms with E-state index in [1.165, 1.54) is 12.1 Å². The van der Waals surface area contributed by atoms with Gasteiger partial charge in [-0.3, -0.25) is 0 Å². The summed E-state index contributed by atoms with van der Waals surface area (Å²) in [4.78, 5) is 1.87. The monoisotopic (exact) mass is 352 g/mol.